The molecule has 0 aliphatic carbocycles. The molecule has 0 spiro atoms. The highest BCUT2D eigenvalue weighted by Crippen LogP contribution is 2.32. The first-order chi connectivity index (χ1) is 9.65. The summed E-state index contributed by atoms with van der Waals surface area (Å²) in [5.41, 5.74) is 1.39. The average molecular weight is 275 g/mol. The maximum absolute atomic E-state index is 4.68. The van der Waals surface area contributed by atoms with Crippen LogP contribution in [-0.2, 0) is 0 Å². The lowest BCUT2D eigenvalue weighted by Gasteiger charge is -2.27. The molecule has 0 N–H and O–H groups in total. The van der Waals surface area contributed by atoms with E-state index >= 15 is 0 Å². The fourth-order valence-electron chi connectivity index (χ4n) is 3.22. The Balaban J connectivity index is 2.09. The average Bonchev–Trinajstić information content (AvgIpc) is 2.88. The standard InChI is InChI=1S/C17H29N3/c1-5-19(6-2)17-10-9-15(12-18-17)16-8-7-11-20(16)13-14(3)4/h9-10,12,14,16H,5-8,11,13H2,1-4H3/t16-/m1/s1. The Morgan fingerprint density at radius 2 is 2.05 bits per heavy atom. The molecule has 0 unspecified atom stereocenters. The summed E-state index contributed by atoms with van der Waals surface area (Å²) in [6.45, 7) is 13.4. The van der Waals surface area contributed by atoms with Crippen molar-refractivity contribution in [2.75, 3.05) is 31.1 Å². The lowest BCUT2D eigenvalue weighted by molar-refractivity contribution is 0.228. The molecule has 1 aromatic rings. The second-order valence-corrected chi connectivity index (χ2v) is 6.17. The van der Waals surface area contributed by atoms with Crippen LogP contribution in [0.15, 0.2) is 18.3 Å². The Hall–Kier alpha value is -1.09. The van der Waals surface area contributed by atoms with Gasteiger partial charge in [-0.2, -0.15) is 0 Å². The molecule has 0 amide bonds. The van der Waals surface area contributed by atoms with Crippen LogP contribution in [0, 0.1) is 5.92 Å². The van der Waals surface area contributed by atoms with E-state index in [0.717, 1.165) is 24.8 Å². The van der Waals surface area contributed by atoms with Gasteiger partial charge in [0.15, 0.2) is 0 Å². The summed E-state index contributed by atoms with van der Waals surface area (Å²) in [7, 11) is 0. The van der Waals surface area contributed by atoms with Crippen molar-refractivity contribution < 1.29 is 0 Å². The van der Waals surface area contributed by atoms with Gasteiger partial charge in [-0.25, -0.2) is 4.98 Å². The Morgan fingerprint density at radius 1 is 1.30 bits per heavy atom. The first-order valence-electron chi connectivity index (χ1n) is 8.10. The first-order valence-corrected chi connectivity index (χ1v) is 8.10. The minimum absolute atomic E-state index is 0.579. The van der Waals surface area contributed by atoms with E-state index in [1.165, 1.54) is 31.5 Å². The molecule has 2 rings (SSSR count). The van der Waals surface area contributed by atoms with Crippen molar-refractivity contribution in [3.63, 3.8) is 0 Å². The number of hydrogen-bond acceptors (Lipinski definition) is 3. The lowest BCUT2D eigenvalue weighted by atomic mass is 10.1. The third-order valence-electron chi connectivity index (χ3n) is 4.21. The van der Waals surface area contributed by atoms with Crippen molar-refractivity contribution in [1.82, 2.24) is 9.88 Å². The van der Waals surface area contributed by atoms with E-state index in [1.54, 1.807) is 0 Å². The lowest BCUT2D eigenvalue weighted by Crippen LogP contribution is -2.27. The van der Waals surface area contributed by atoms with Crippen molar-refractivity contribution in [2.24, 2.45) is 5.92 Å². The summed E-state index contributed by atoms with van der Waals surface area (Å²) in [5.74, 6) is 1.84. The van der Waals surface area contributed by atoms with Crippen molar-refractivity contribution in [2.45, 2.75) is 46.6 Å². The molecule has 0 aromatic carbocycles. The quantitative estimate of drug-likeness (QED) is 0.789. The van der Waals surface area contributed by atoms with Crippen LogP contribution < -0.4 is 4.90 Å². The minimum Gasteiger partial charge on any atom is -0.357 e. The zero-order valence-corrected chi connectivity index (χ0v) is 13.5. The summed E-state index contributed by atoms with van der Waals surface area (Å²) in [4.78, 5) is 9.60. The van der Waals surface area contributed by atoms with Gasteiger partial charge < -0.3 is 4.90 Å². The zero-order chi connectivity index (χ0) is 14.5. The summed E-state index contributed by atoms with van der Waals surface area (Å²) < 4.78 is 0. The van der Waals surface area contributed by atoms with Crippen molar-refractivity contribution in [1.29, 1.82) is 0 Å². The third kappa shape index (κ3) is 3.51. The van der Waals surface area contributed by atoms with E-state index in [1.807, 2.05) is 0 Å². The van der Waals surface area contributed by atoms with Crippen LogP contribution in [-0.4, -0.2) is 36.1 Å². The van der Waals surface area contributed by atoms with Crippen LogP contribution in [0.1, 0.15) is 52.1 Å². The molecule has 1 atom stereocenters. The van der Waals surface area contributed by atoms with Gasteiger partial charge in [-0.1, -0.05) is 19.9 Å². The highest BCUT2D eigenvalue weighted by molar-refractivity contribution is 5.39. The molecular formula is C17H29N3. The molecule has 1 saturated heterocycles. The fourth-order valence-corrected chi connectivity index (χ4v) is 3.22. The number of hydrogen-bond donors (Lipinski definition) is 0. The van der Waals surface area contributed by atoms with Crippen LogP contribution in [0.25, 0.3) is 0 Å². The highest BCUT2D eigenvalue weighted by atomic mass is 15.2. The van der Waals surface area contributed by atoms with Crippen LogP contribution in [0.4, 0.5) is 5.82 Å². The van der Waals surface area contributed by atoms with E-state index in [0.29, 0.717) is 6.04 Å². The molecule has 0 radical (unpaired) electrons. The normalized spacial score (nSPS) is 19.8. The molecule has 0 bridgehead atoms. The molecule has 3 heteroatoms. The van der Waals surface area contributed by atoms with E-state index in [-0.39, 0.29) is 0 Å². The summed E-state index contributed by atoms with van der Waals surface area (Å²) in [6.07, 6.45) is 4.69. The molecule has 1 aliphatic heterocycles. The number of likely N-dealkylation sites (tertiary alicyclic amines) is 1. The Labute approximate surface area is 124 Å². The Morgan fingerprint density at radius 3 is 2.60 bits per heavy atom. The van der Waals surface area contributed by atoms with E-state index in [2.05, 4.69) is 60.8 Å². The zero-order valence-electron chi connectivity index (χ0n) is 13.5. The van der Waals surface area contributed by atoms with Crippen molar-refractivity contribution >= 4 is 5.82 Å². The number of rotatable bonds is 6. The number of anilines is 1. The molecule has 1 aliphatic rings. The van der Waals surface area contributed by atoms with Gasteiger partial charge in [-0.3, -0.25) is 4.90 Å². The maximum Gasteiger partial charge on any atom is 0.128 e. The van der Waals surface area contributed by atoms with E-state index in [4.69, 9.17) is 0 Å². The Bertz CT molecular complexity index is 395. The molecule has 2 heterocycles. The largest absolute Gasteiger partial charge is 0.357 e. The second-order valence-electron chi connectivity index (χ2n) is 6.17. The Kier molecular flexibility index (Phi) is 5.41. The molecule has 112 valence electrons. The molecule has 20 heavy (non-hydrogen) atoms. The van der Waals surface area contributed by atoms with E-state index in [9.17, 15) is 0 Å². The number of nitrogens with zero attached hydrogens (tertiary/aromatic N) is 3. The monoisotopic (exact) mass is 275 g/mol. The van der Waals surface area contributed by atoms with E-state index < -0.39 is 0 Å². The smallest absolute Gasteiger partial charge is 0.128 e. The summed E-state index contributed by atoms with van der Waals surface area (Å²) >= 11 is 0. The first kappa shape index (κ1) is 15.3. The van der Waals surface area contributed by atoms with Gasteiger partial charge in [-0.05, 0) is 50.8 Å². The van der Waals surface area contributed by atoms with Crippen LogP contribution in [0.5, 0.6) is 0 Å². The number of aromatic nitrogens is 1. The SMILES string of the molecule is CCN(CC)c1ccc([C@H]2CCCN2CC(C)C)cn1. The molecule has 1 fully saturated rings. The van der Waals surface area contributed by atoms with Crippen LogP contribution >= 0.6 is 0 Å². The van der Waals surface area contributed by atoms with Gasteiger partial charge >= 0.3 is 0 Å². The van der Waals surface area contributed by atoms with Gasteiger partial charge in [0, 0.05) is 31.9 Å². The van der Waals surface area contributed by atoms with Gasteiger partial charge in [0.05, 0.1) is 0 Å². The summed E-state index contributed by atoms with van der Waals surface area (Å²) in [6, 6.07) is 5.05. The van der Waals surface area contributed by atoms with Gasteiger partial charge in [0.2, 0.25) is 0 Å². The van der Waals surface area contributed by atoms with Crippen LogP contribution in [0.3, 0.4) is 0 Å². The van der Waals surface area contributed by atoms with Gasteiger partial charge in [-0.15, -0.1) is 0 Å². The third-order valence-corrected chi connectivity index (χ3v) is 4.21. The highest BCUT2D eigenvalue weighted by Gasteiger charge is 2.26. The van der Waals surface area contributed by atoms with Gasteiger partial charge in [0.1, 0.15) is 5.82 Å². The molecule has 0 saturated carbocycles. The number of pyridine rings is 1. The van der Waals surface area contributed by atoms with Crippen molar-refractivity contribution in [3.05, 3.63) is 23.9 Å². The fraction of sp³-hybridized carbons (Fsp3) is 0.706. The molecule has 3 nitrogen and oxygen atoms in total. The second kappa shape index (κ2) is 7.07. The topological polar surface area (TPSA) is 19.4 Å². The van der Waals surface area contributed by atoms with Crippen molar-refractivity contribution in [3.8, 4) is 0 Å². The van der Waals surface area contributed by atoms with Crippen LogP contribution in [0.2, 0.25) is 0 Å². The minimum atomic E-state index is 0.579. The predicted molar refractivity (Wildman–Crippen MR) is 86.2 cm³/mol. The molecule has 1 aromatic heterocycles. The summed E-state index contributed by atoms with van der Waals surface area (Å²) in [5, 5.41) is 0. The maximum atomic E-state index is 4.68. The molecular weight excluding hydrogens is 246 g/mol. The van der Waals surface area contributed by atoms with Gasteiger partial charge in [0.25, 0.3) is 0 Å². The predicted octanol–water partition coefficient (Wildman–Crippen LogP) is 3.72.